The van der Waals surface area contributed by atoms with Crippen LogP contribution >= 0.6 is 0 Å². The van der Waals surface area contributed by atoms with E-state index >= 15 is 0 Å². The lowest BCUT2D eigenvalue weighted by Gasteiger charge is -2.34. The molecule has 0 N–H and O–H groups in total. The van der Waals surface area contributed by atoms with Crippen molar-refractivity contribution in [3.05, 3.63) is 0 Å². The fraction of sp³-hybridized carbons (Fsp3) is 0.938. The summed E-state index contributed by atoms with van der Waals surface area (Å²) in [6.07, 6.45) is 1.82. The fourth-order valence-electron chi connectivity index (χ4n) is 2.19. The average molecular weight is 284 g/mol. The lowest BCUT2D eigenvalue weighted by atomic mass is 9.89. The van der Waals surface area contributed by atoms with Crippen LogP contribution in [0.3, 0.4) is 0 Å². The van der Waals surface area contributed by atoms with Gasteiger partial charge in [0.05, 0.1) is 12.0 Å². The predicted octanol–water partition coefficient (Wildman–Crippen LogP) is 2.24. The number of hydrogen-bond donors (Lipinski definition) is 0. The molecule has 0 atom stereocenters. The Labute approximate surface area is 124 Å². The highest BCUT2D eigenvalue weighted by Crippen LogP contribution is 2.23. The highest BCUT2D eigenvalue weighted by Gasteiger charge is 2.30. The van der Waals surface area contributed by atoms with Gasteiger partial charge in [-0.25, -0.2) is 0 Å². The predicted molar refractivity (Wildman–Crippen MR) is 82.7 cm³/mol. The molecule has 118 valence electrons. The lowest BCUT2D eigenvalue weighted by molar-refractivity contribution is -0.154. The van der Waals surface area contributed by atoms with Crippen molar-refractivity contribution in [2.75, 3.05) is 46.4 Å². The second-order valence-corrected chi connectivity index (χ2v) is 7.10. The van der Waals surface area contributed by atoms with Crippen molar-refractivity contribution in [2.24, 2.45) is 11.3 Å². The Morgan fingerprint density at radius 2 is 1.80 bits per heavy atom. The molecule has 1 aliphatic heterocycles. The molecule has 0 spiro atoms. The van der Waals surface area contributed by atoms with E-state index in [1.165, 1.54) is 0 Å². The summed E-state index contributed by atoms with van der Waals surface area (Å²) in [5, 5.41) is 0. The van der Waals surface area contributed by atoms with Crippen molar-refractivity contribution in [1.82, 2.24) is 9.80 Å². The van der Waals surface area contributed by atoms with Crippen LogP contribution in [-0.2, 0) is 9.53 Å². The molecule has 1 aliphatic rings. The maximum atomic E-state index is 12.1. The number of carbonyl (C=O) groups excluding carboxylic acids is 1. The van der Waals surface area contributed by atoms with Gasteiger partial charge in [-0.3, -0.25) is 4.79 Å². The first-order chi connectivity index (χ1) is 9.31. The normalized spacial score (nSPS) is 18.5. The van der Waals surface area contributed by atoms with Crippen LogP contribution in [0.1, 0.15) is 40.5 Å². The quantitative estimate of drug-likeness (QED) is 0.671. The molecule has 4 heteroatoms. The van der Waals surface area contributed by atoms with Crippen LogP contribution in [0.2, 0.25) is 0 Å². The minimum atomic E-state index is -0.375. The Bertz CT molecular complexity index is 295. The van der Waals surface area contributed by atoms with E-state index < -0.39 is 0 Å². The van der Waals surface area contributed by atoms with Crippen LogP contribution in [-0.4, -0.2) is 62.1 Å². The van der Waals surface area contributed by atoms with Crippen molar-refractivity contribution in [3.8, 4) is 0 Å². The van der Waals surface area contributed by atoms with Gasteiger partial charge in [-0.2, -0.15) is 0 Å². The van der Waals surface area contributed by atoms with Crippen LogP contribution in [0.15, 0.2) is 0 Å². The molecular weight excluding hydrogens is 252 g/mol. The topological polar surface area (TPSA) is 32.8 Å². The van der Waals surface area contributed by atoms with Crippen LogP contribution < -0.4 is 0 Å². The minimum Gasteiger partial charge on any atom is -0.465 e. The molecule has 0 aromatic carbocycles. The monoisotopic (exact) mass is 284 g/mol. The molecule has 0 unspecified atom stereocenters. The van der Waals surface area contributed by atoms with Crippen molar-refractivity contribution in [1.29, 1.82) is 0 Å². The van der Waals surface area contributed by atoms with E-state index in [-0.39, 0.29) is 11.4 Å². The molecule has 0 aromatic heterocycles. The Morgan fingerprint density at radius 1 is 1.20 bits per heavy atom. The van der Waals surface area contributed by atoms with E-state index in [1.54, 1.807) is 0 Å². The smallest absolute Gasteiger partial charge is 0.311 e. The minimum absolute atomic E-state index is 0.0488. The second-order valence-electron chi connectivity index (χ2n) is 7.10. The molecular formula is C16H32N2O2. The number of hydrogen-bond acceptors (Lipinski definition) is 4. The Hall–Kier alpha value is -0.610. The molecule has 0 radical (unpaired) electrons. The third-order valence-electron chi connectivity index (χ3n) is 4.13. The Balaban J connectivity index is 2.27. The first-order valence-corrected chi connectivity index (χ1v) is 7.89. The maximum Gasteiger partial charge on any atom is 0.311 e. The molecule has 0 bridgehead atoms. The largest absolute Gasteiger partial charge is 0.465 e. The number of piperazine rings is 1. The van der Waals surface area contributed by atoms with Crippen LogP contribution in [0.4, 0.5) is 0 Å². The van der Waals surface area contributed by atoms with E-state index in [2.05, 4.69) is 30.7 Å². The zero-order valence-electron chi connectivity index (χ0n) is 13.9. The number of rotatable bonds is 7. The van der Waals surface area contributed by atoms with Crippen molar-refractivity contribution in [2.45, 2.75) is 40.5 Å². The summed E-state index contributed by atoms with van der Waals surface area (Å²) in [5.74, 6) is 0.531. The van der Waals surface area contributed by atoms with Gasteiger partial charge in [0.25, 0.3) is 0 Å². The first kappa shape index (κ1) is 17.4. The first-order valence-electron chi connectivity index (χ1n) is 7.89. The van der Waals surface area contributed by atoms with E-state index in [9.17, 15) is 4.79 Å². The molecule has 1 heterocycles. The van der Waals surface area contributed by atoms with Gasteiger partial charge in [-0.05, 0) is 46.2 Å². The number of carbonyl (C=O) groups is 1. The molecule has 1 rings (SSSR count). The molecule has 4 nitrogen and oxygen atoms in total. The van der Waals surface area contributed by atoms with Crippen molar-refractivity contribution in [3.63, 3.8) is 0 Å². The number of likely N-dealkylation sites (N-methyl/N-ethyl adjacent to an activating group) is 1. The number of ether oxygens (including phenoxy) is 1. The van der Waals surface area contributed by atoms with Crippen molar-refractivity contribution >= 4 is 5.97 Å². The maximum absolute atomic E-state index is 12.1. The molecule has 1 fully saturated rings. The van der Waals surface area contributed by atoms with Gasteiger partial charge in [0, 0.05) is 26.2 Å². The van der Waals surface area contributed by atoms with E-state index in [0.29, 0.717) is 12.5 Å². The van der Waals surface area contributed by atoms with Gasteiger partial charge >= 0.3 is 5.97 Å². The summed E-state index contributed by atoms with van der Waals surface area (Å²) >= 11 is 0. The third-order valence-corrected chi connectivity index (χ3v) is 4.13. The van der Waals surface area contributed by atoms with Crippen molar-refractivity contribution < 1.29 is 9.53 Å². The average Bonchev–Trinajstić information content (AvgIpc) is 2.37. The summed E-state index contributed by atoms with van der Waals surface area (Å²) in [6.45, 7) is 14.3. The highest BCUT2D eigenvalue weighted by atomic mass is 16.5. The summed E-state index contributed by atoms with van der Waals surface area (Å²) in [4.78, 5) is 16.9. The fourth-order valence-corrected chi connectivity index (χ4v) is 2.19. The van der Waals surface area contributed by atoms with Gasteiger partial charge in [-0.15, -0.1) is 0 Å². The number of esters is 1. The Morgan fingerprint density at radius 3 is 2.35 bits per heavy atom. The third kappa shape index (κ3) is 6.23. The van der Waals surface area contributed by atoms with Crippen LogP contribution in [0.25, 0.3) is 0 Å². The molecule has 20 heavy (non-hydrogen) atoms. The zero-order valence-corrected chi connectivity index (χ0v) is 13.9. The van der Waals surface area contributed by atoms with Gasteiger partial charge in [0.15, 0.2) is 0 Å². The van der Waals surface area contributed by atoms with Gasteiger partial charge < -0.3 is 14.5 Å². The summed E-state index contributed by atoms with van der Waals surface area (Å²) in [5.41, 5.74) is -0.375. The van der Waals surface area contributed by atoms with Gasteiger partial charge in [-0.1, -0.05) is 13.8 Å². The highest BCUT2D eigenvalue weighted by molar-refractivity contribution is 5.75. The molecule has 0 aromatic rings. The summed E-state index contributed by atoms with van der Waals surface area (Å²) in [7, 11) is 2.16. The zero-order chi connectivity index (χ0) is 15.2. The van der Waals surface area contributed by atoms with E-state index in [1.807, 2.05) is 13.8 Å². The Kier molecular flexibility index (Phi) is 6.96. The van der Waals surface area contributed by atoms with Crippen LogP contribution in [0.5, 0.6) is 0 Å². The molecule has 1 saturated heterocycles. The summed E-state index contributed by atoms with van der Waals surface area (Å²) in [6, 6.07) is 0. The molecule has 0 amide bonds. The SMILES string of the molecule is CC(C)CCOC(=O)C(C)(C)CCN1CCN(C)CC1. The second kappa shape index (κ2) is 7.99. The van der Waals surface area contributed by atoms with Gasteiger partial charge in [0.1, 0.15) is 0 Å². The summed E-state index contributed by atoms with van der Waals surface area (Å²) < 4.78 is 5.41. The van der Waals surface area contributed by atoms with Gasteiger partial charge in [0.2, 0.25) is 0 Å². The van der Waals surface area contributed by atoms with Crippen LogP contribution in [0, 0.1) is 11.3 Å². The van der Waals surface area contributed by atoms with E-state index in [4.69, 9.17) is 4.74 Å². The van der Waals surface area contributed by atoms with E-state index in [0.717, 1.165) is 45.6 Å². The molecule has 0 saturated carbocycles. The number of nitrogens with zero attached hydrogens (tertiary/aromatic N) is 2. The molecule has 0 aliphatic carbocycles. The lowest BCUT2D eigenvalue weighted by Crippen LogP contribution is -2.45. The standard InChI is InChI=1S/C16H32N2O2/c1-14(2)6-13-20-15(19)16(3,4)7-8-18-11-9-17(5)10-12-18/h14H,6-13H2,1-5H3.